The molecule has 4 rings (SSSR count). The fourth-order valence-electron chi connectivity index (χ4n) is 4.39. The van der Waals surface area contributed by atoms with E-state index < -0.39 is 5.82 Å². The van der Waals surface area contributed by atoms with E-state index in [1.165, 1.54) is 10.7 Å². The van der Waals surface area contributed by atoms with E-state index in [1.807, 2.05) is 30.3 Å². The first-order valence-electron chi connectivity index (χ1n) is 12.0. The summed E-state index contributed by atoms with van der Waals surface area (Å²) >= 11 is 0. The molecule has 0 bridgehead atoms. The average molecular weight is 518 g/mol. The Kier molecular flexibility index (Phi) is 9.81. The monoisotopic (exact) mass is 517 g/mol. The van der Waals surface area contributed by atoms with Crippen molar-refractivity contribution in [1.29, 1.82) is 0 Å². The number of benzene rings is 2. The number of carbonyl (C=O) groups is 1. The number of halogens is 2. The van der Waals surface area contributed by atoms with Crippen LogP contribution >= 0.6 is 12.4 Å². The first-order chi connectivity index (χ1) is 17.0. The summed E-state index contributed by atoms with van der Waals surface area (Å²) in [7, 11) is 0. The highest BCUT2D eigenvalue weighted by atomic mass is 35.5. The second-order valence-corrected chi connectivity index (χ2v) is 9.30. The van der Waals surface area contributed by atoms with Crippen LogP contribution in [-0.2, 0) is 6.61 Å². The Morgan fingerprint density at radius 1 is 1.19 bits per heavy atom. The van der Waals surface area contributed by atoms with Crippen LogP contribution in [0.2, 0.25) is 0 Å². The van der Waals surface area contributed by atoms with Crippen LogP contribution in [0.4, 0.5) is 4.39 Å². The lowest BCUT2D eigenvalue weighted by Crippen LogP contribution is -2.53. The largest absolute Gasteiger partial charge is 0.487 e. The van der Waals surface area contributed by atoms with Gasteiger partial charge in [0.05, 0.1) is 0 Å². The van der Waals surface area contributed by atoms with Crippen molar-refractivity contribution in [2.24, 2.45) is 11.8 Å². The summed E-state index contributed by atoms with van der Waals surface area (Å²) in [5.41, 5.74) is 0.706. The topological polar surface area (TPSA) is 92.5 Å². The lowest BCUT2D eigenvalue weighted by Gasteiger charge is -2.38. The molecule has 0 saturated carbocycles. The maximum Gasteiger partial charge on any atom is 0.276 e. The van der Waals surface area contributed by atoms with E-state index in [1.54, 1.807) is 23.1 Å². The van der Waals surface area contributed by atoms with Gasteiger partial charge in [0.1, 0.15) is 29.6 Å². The molecule has 1 aliphatic rings. The Bertz CT molecular complexity index is 1130. The number of ether oxygens (including phenoxy) is 1. The van der Waals surface area contributed by atoms with Crippen molar-refractivity contribution in [2.75, 3.05) is 26.2 Å². The molecule has 194 valence electrons. The smallest absolute Gasteiger partial charge is 0.276 e. The van der Waals surface area contributed by atoms with E-state index in [4.69, 9.17) is 4.74 Å². The Hall–Kier alpha value is -3.01. The molecule has 1 amide bonds. The third kappa shape index (κ3) is 6.40. The van der Waals surface area contributed by atoms with Gasteiger partial charge in [-0.15, -0.1) is 17.5 Å². The Morgan fingerprint density at radius 2 is 1.92 bits per heavy atom. The van der Waals surface area contributed by atoms with Crippen LogP contribution in [0.25, 0.3) is 5.69 Å². The number of amides is 1. The van der Waals surface area contributed by atoms with Crippen LogP contribution in [0.5, 0.6) is 5.75 Å². The molecule has 2 N–H and O–H groups in total. The van der Waals surface area contributed by atoms with E-state index in [0.29, 0.717) is 31.0 Å². The van der Waals surface area contributed by atoms with Gasteiger partial charge in [-0.1, -0.05) is 49.4 Å². The number of aliphatic hydroxyl groups excluding tert-OH is 1. The molecule has 8 nitrogen and oxygen atoms in total. The second kappa shape index (κ2) is 12.8. The van der Waals surface area contributed by atoms with Gasteiger partial charge in [0.25, 0.3) is 5.91 Å². The molecular formula is C26H33ClFN5O3. The van der Waals surface area contributed by atoms with Crippen molar-refractivity contribution in [3.8, 4) is 11.4 Å². The quantitative estimate of drug-likeness (QED) is 0.451. The molecule has 1 fully saturated rings. The van der Waals surface area contributed by atoms with E-state index in [9.17, 15) is 14.3 Å². The number of nitrogens with zero attached hydrogens (tertiary/aromatic N) is 4. The zero-order valence-electron chi connectivity index (χ0n) is 20.5. The van der Waals surface area contributed by atoms with Crippen LogP contribution in [0, 0.1) is 17.7 Å². The SMILES string of the molecule is CC(C)CN(C(=O)c1nnn(-c2ccccc2F)c1COc1ccccc1)[C@@H]1CNC[C@H](CO)C1.Cl. The van der Waals surface area contributed by atoms with E-state index in [0.717, 1.165) is 6.54 Å². The van der Waals surface area contributed by atoms with Gasteiger partial charge >= 0.3 is 0 Å². The van der Waals surface area contributed by atoms with Crippen molar-refractivity contribution >= 4 is 18.3 Å². The Balaban J connectivity index is 0.00000361. The number of rotatable bonds is 9. The zero-order valence-corrected chi connectivity index (χ0v) is 21.3. The predicted octanol–water partition coefficient (Wildman–Crippen LogP) is 3.48. The number of piperidine rings is 1. The molecular weight excluding hydrogens is 485 g/mol. The molecule has 0 spiro atoms. The van der Waals surface area contributed by atoms with Crippen molar-refractivity contribution in [2.45, 2.75) is 32.9 Å². The van der Waals surface area contributed by atoms with Gasteiger partial charge in [0.2, 0.25) is 0 Å². The summed E-state index contributed by atoms with van der Waals surface area (Å²) in [6, 6.07) is 15.3. The predicted molar refractivity (Wildman–Crippen MR) is 137 cm³/mol. The Morgan fingerprint density at radius 3 is 2.61 bits per heavy atom. The van der Waals surface area contributed by atoms with Gasteiger partial charge < -0.3 is 20.1 Å². The van der Waals surface area contributed by atoms with Gasteiger partial charge in [-0.25, -0.2) is 9.07 Å². The van der Waals surface area contributed by atoms with Crippen LogP contribution in [0.3, 0.4) is 0 Å². The standard InChI is InChI=1S/C26H32FN5O3.ClH/c1-18(2)15-31(20-12-19(16-33)13-28-14-20)26(34)25-24(17-35-21-8-4-3-5-9-21)32(30-29-25)23-11-7-6-10-22(23)27;/h3-11,18-20,28,33H,12-17H2,1-2H3;1H/t19-,20+;/m1./s1. The number of nitrogens with one attached hydrogen (secondary N) is 1. The fourth-order valence-corrected chi connectivity index (χ4v) is 4.39. The minimum atomic E-state index is -0.473. The second-order valence-electron chi connectivity index (χ2n) is 9.30. The number of aromatic nitrogens is 3. The number of para-hydroxylation sites is 2. The summed E-state index contributed by atoms with van der Waals surface area (Å²) in [5, 5.41) is 21.4. The van der Waals surface area contributed by atoms with Gasteiger partial charge in [-0.3, -0.25) is 4.79 Å². The molecule has 3 aromatic rings. The molecule has 36 heavy (non-hydrogen) atoms. The molecule has 2 atom stereocenters. The number of hydrogen-bond acceptors (Lipinski definition) is 6. The lowest BCUT2D eigenvalue weighted by atomic mass is 9.94. The molecule has 0 aliphatic carbocycles. The number of aliphatic hydroxyl groups is 1. The number of carbonyl (C=O) groups excluding carboxylic acids is 1. The third-order valence-electron chi connectivity index (χ3n) is 6.11. The van der Waals surface area contributed by atoms with E-state index in [2.05, 4.69) is 29.5 Å². The molecule has 2 aromatic carbocycles. The molecule has 0 unspecified atom stereocenters. The summed E-state index contributed by atoms with van der Waals surface area (Å²) in [4.78, 5) is 15.7. The summed E-state index contributed by atoms with van der Waals surface area (Å²) in [6.07, 6.45) is 0.694. The maximum atomic E-state index is 14.7. The van der Waals surface area contributed by atoms with E-state index >= 15 is 0 Å². The molecule has 0 radical (unpaired) electrons. The average Bonchev–Trinajstić information content (AvgIpc) is 3.30. The summed E-state index contributed by atoms with van der Waals surface area (Å²) in [6.45, 7) is 6.03. The highest BCUT2D eigenvalue weighted by Gasteiger charge is 2.34. The maximum absolute atomic E-state index is 14.7. The minimum Gasteiger partial charge on any atom is -0.487 e. The normalized spacial score (nSPS) is 17.5. The first-order valence-corrected chi connectivity index (χ1v) is 12.0. The Labute approximate surface area is 216 Å². The molecule has 2 heterocycles. The van der Waals surface area contributed by atoms with Gasteiger partial charge in [0.15, 0.2) is 5.69 Å². The van der Waals surface area contributed by atoms with Crippen molar-refractivity contribution in [1.82, 2.24) is 25.2 Å². The fraction of sp³-hybridized carbons (Fsp3) is 0.423. The van der Waals surface area contributed by atoms with Crippen LogP contribution in [0.1, 0.15) is 36.5 Å². The van der Waals surface area contributed by atoms with Crippen molar-refractivity contribution < 1.29 is 19.0 Å². The lowest BCUT2D eigenvalue weighted by molar-refractivity contribution is 0.0545. The third-order valence-corrected chi connectivity index (χ3v) is 6.11. The van der Waals surface area contributed by atoms with Crippen molar-refractivity contribution in [3.05, 3.63) is 71.8 Å². The van der Waals surface area contributed by atoms with E-state index in [-0.39, 0.29) is 60.8 Å². The molecule has 1 saturated heterocycles. The summed E-state index contributed by atoms with van der Waals surface area (Å²) in [5.74, 6) is 0.163. The van der Waals surface area contributed by atoms with Crippen LogP contribution in [0.15, 0.2) is 54.6 Å². The molecule has 1 aromatic heterocycles. The van der Waals surface area contributed by atoms with Gasteiger partial charge in [-0.2, -0.15) is 0 Å². The van der Waals surface area contributed by atoms with Crippen molar-refractivity contribution in [3.63, 3.8) is 0 Å². The number of hydrogen-bond donors (Lipinski definition) is 2. The van der Waals surface area contributed by atoms with Crippen LogP contribution < -0.4 is 10.1 Å². The first kappa shape index (κ1) is 27.6. The highest BCUT2D eigenvalue weighted by molar-refractivity contribution is 5.93. The van der Waals surface area contributed by atoms with Gasteiger partial charge in [-0.05, 0) is 42.5 Å². The highest BCUT2D eigenvalue weighted by Crippen LogP contribution is 2.23. The molecule has 10 heteroatoms. The summed E-state index contributed by atoms with van der Waals surface area (Å²) < 4.78 is 22.0. The van der Waals surface area contributed by atoms with Gasteiger partial charge in [0, 0.05) is 32.3 Å². The van der Waals surface area contributed by atoms with Crippen LogP contribution in [-0.4, -0.2) is 63.2 Å². The zero-order chi connectivity index (χ0) is 24.8. The minimum absolute atomic E-state index is 0. The molecule has 1 aliphatic heterocycles.